The van der Waals surface area contributed by atoms with Crippen molar-refractivity contribution in [1.29, 1.82) is 0 Å². The minimum absolute atomic E-state index is 0.121. The molecule has 0 spiro atoms. The number of aliphatic carboxylic acids is 1. The van der Waals surface area contributed by atoms with Gasteiger partial charge in [-0.3, -0.25) is 14.4 Å². The highest BCUT2D eigenvalue weighted by atomic mass is 16.5. The largest absolute Gasteiger partial charge is 0.497 e. The van der Waals surface area contributed by atoms with Crippen LogP contribution in [-0.4, -0.2) is 60.0 Å². The fourth-order valence-corrected chi connectivity index (χ4v) is 3.69. The first-order valence-corrected chi connectivity index (χ1v) is 10.8. The van der Waals surface area contributed by atoms with Crippen LogP contribution in [0, 0.1) is 0 Å². The van der Waals surface area contributed by atoms with E-state index in [0.29, 0.717) is 36.3 Å². The molecule has 1 fully saturated rings. The van der Waals surface area contributed by atoms with E-state index in [9.17, 15) is 19.2 Å². The lowest BCUT2D eigenvalue weighted by atomic mass is 10.1. The van der Waals surface area contributed by atoms with E-state index in [0.717, 1.165) is 16.5 Å². The molecule has 9 nitrogen and oxygen atoms in total. The van der Waals surface area contributed by atoms with Crippen molar-refractivity contribution < 1.29 is 33.8 Å². The second-order valence-corrected chi connectivity index (χ2v) is 7.52. The molecular formula is C25H26N2O7. The fraction of sp³-hybridized carbons (Fsp3) is 0.280. The van der Waals surface area contributed by atoms with Gasteiger partial charge in [0.25, 0.3) is 5.91 Å². The lowest BCUT2D eigenvalue weighted by molar-refractivity contribution is -0.135. The van der Waals surface area contributed by atoms with Crippen molar-refractivity contribution in [3.63, 3.8) is 0 Å². The Balaban J connectivity index is 1.82. The van der Waals surface area contributed by atoms with Crippen molar-refractivity contribution in [2.75, 3.05) is 25.2 Å². The van der Waals surface area contributed by atoms with Crippen LogP contribution in [-0.2, 0) is 25.6 Å². The molecule has 0 bridgehead atoms. The van der Waals surface area contributed by atoms with E-state index in [1.54, 1.807) is 43.5 Å². The van der Waals surface area contributed by atoms with Crippen molar-refractivity contribution in [3.8, 4) is 11.5 Å². The van der Waals surface area contributed by atoms with E-state index in [4.69, 9.17) is 14.6 Å². The minimum Gasteiger partial charge on any atom is -0.497 e. The van der Waals surface area contributed by atoms with Crippen LogP contribution in [0.4, 0.5) is 5.69 Å². The number of hydrogen-bond donors (Lipinski definition) is 1. The van der Waals surface area contributed by atoms with E-state index in [-0.39, 0.29) is 13.0 Å². The number of methoxy groups -OCH3 is 1. The Morgan fingerprint density at radius 1 is 1.06 bits per heavy atom. The molecule has 1 atom stereocenters. The summed E-state index contributed by atoms with van der Waals surface area (Å²) < 4.78 is 10.5. The number of hydrogen-bond acceptors (Lipinski definition) is 6. The van der Waals surface area contributed by atoms with Gasteiger partial charge in [0.05, 0.1) is 25.8 Å². The van der Waals surface area contributed by atoms with Gasteiger partial charge < -0.3 is 19.5 Å². The number of carboxylic acid groups (broad SMARTS) is 1. The average Bonchev–Trinajstić information content (AvgIpc) is 3.12. The van der Waals surface area contributed by atoms with E-state index in [1.165, 1.54) is 4.90 Å². The van der Waals surface area contributed by atoms with Gasteiger partial charge in [-0.05, 0) is 55.3 Å². The second-order valence-electron chi connectivity index (χ2n) is 7.52. The van der Waals surface area contributed by atoms with Crippen molar-refractivity contribution in [2.24, 2.45) is 0 Å². The summed E-state index contributed by atoms with van der Waals surface area (Å²) in [5.41, 5.74) is 1.27. The van der Waals surface area contributed by atoms with Crippen LogP contribution in [0.25, 0.3) is 0 Å². The molecule has 3 rings (SSSR count). The number of imide groups is 1. The van der Waals surface area contributed by atoms with Gasteiger partial charge in [0.1, 0.15) is 17.5 Å². The molecule has 0 saturated carbocycles. The first-order valence-electron chi connectivity index (χ1n) is 10.8. The molecule has 178 valence electrons. The van der Waals surface area contributed by atoms with Crippen LogP contribution in [0.1, 0.15) is 18.9 Å². The van der Waals surface area contributed by atoms with Crippen molar-refractivity contribution in [2.45, 2.75) is 25.8 Å². The van der Waals surface area contributed by atoms with Crippen LogP contribution in [0.15, 0.2) is 60.7 Å². The molecule has 0 radical (unpaired) electrons. The summed E-state index contributed by atoms with van der Waals surface area (Å²) in [5, 5.41) is 8.90. The SMILES string of the molecule is CCOc1ccc(N2C(=O)C[C@@H](N(CCc3ccc(OC)cc3)C(=O)/C=C/C(=O)O)C2=O)cc1. The molecule has 0 aliphatic carbocycles. The topological polar surface area (TPSA) is 113 Å². The van der Waals surface area contributed by atoms with Gasteiger partial charge in [0.2, 0.25) is 11.8 Å². The van der Waals surface area contributed by atoms with Crippen LogP contribution < -0.4 is 14.4 Å². The lowest BCUT2D eigenvalue weighted by Crippen LogP contribution is -2.45. The highest BCUT2D eigenvalue weighted by Gasteiger charge is 2.43. The number of ether oxygens (including phenoxy) is 2. The number of carboxylic acids is 1. The maximum atomic E-state index is 13.2. The van der Waals surface area contributed by atoms with Crippen molar-refractivity contribution in [3.05, 3.63) is 66.2 Å². The summed E-state index contributed by atoms with van der Waals surface area (Å²) in [6, 6.07) is 12.7. The molecule has 0 aromatic heterocycles. The standard InChI is InChI=1S/C25H26N2O7/c1-3-34-20-10-6-18(7-11-20)27-23(29)16-21(25(27)32)26(22(28)12-13-24(30)31)15-14-17-4-8-19(33-2)9-5-17/h4-13,21H,3,14-16H2,1-2H3,(H,30,31)/b13-12+/t21-/m1/s1. The number of amides is 3. The zero-order valence-corrected chi connectivity index (χ0v) is 19.0. The predicted octanol–water partition coefficient (Wildman–Crippen LogP) is 2.44. The summed E-state index contributed by atoms with van der Waals surface area (Å²) in [7, 11) is 1.56. The Labute approximate surface area is 197 Å². The number of benzene rings is 2. The van der Waals surface area contributed by atoms with Gasteiger partial charge >= 0.3 is 5.97 Å². The maximum absolute atomic E-state index is 13.2. The third kappa shape index (κ3) is 5.80. The number of anilines is 1. The normalized spacial score (nSPS) is 15.6. The van der Waals surface area contributed by atoms with Gasteiger partial charge in [0.15, 0.2) is 0 Å². The van der Waals surface area contributed by atoms with E-state index < -0.39 is 29.7 Å². The molecule has 2 aromatic rings. The van der Waals surface area contributed by atoms with Gasteiger partial charge in [-0.15, -0.1) is 0 Å². The molecule has 1 saturated heterocycles. The molecule has 0 unspecified atom stereocenters. The minimum atomic E-state index is -1.28. The molecule has 1 aliphatic rings. The first-order chi connectivity index (χ1) is 16.3. The number of carbonyl (C=O) groups excluding carboxylic acids is 3. The molecular weight excluding hydrogens is 440 g/mol. The molecule has 1 heterocycles. The van der Waals surface area contributed by atoms with Gasteiger partial charge in [-0.2, -0.15) is 0 Å². The first kappa shape index (κ1) is 24.5. The maximum Gasteiger partial charge on any atom is 0.328 e. The molecule has 34 heavy (non-hydrogen) atoms. The summed E-state index contributed by atoms with van der Waals surface area (Å²) >= 11 is 0. The van der Waals surface area contributed by atoms with Gasteiger partial charge in [-0.25, -0.2) is 9.69 Å². The average molecular weight is 466 g/mol. The zero-order chi connectivity index (χ0) is 24.7. The lowest BCUT2D eigenvalue weighted by Gasteiger charge is -2.26. The quantitative estimate of drug-likeness (QED) is 0.423. The Morgan fingerprint density at radius 2 is 1.71 bits per heavy atom. The third-order valence-corrected chi connectivity index (χ3v) is 5.36. The molecule has 2 aromatic carbocycles. The Kier molecular flexibility index (Phi) is 8.02. The number of carbonyl (C=O) groups is 4. The molecule has 1 aliphatic heterocycles. The molecule has 9 heteroatoms. The van der Waals surface area contributed by atoms with Crippen LogP contribution in [0.2, 0.25) is 0 Å². The van der Waals surface area contributed by atoms with Crippen LogP contribution >= 0.6 is 0 Å². The van der Waals surface area contributed by atoms with E-state index >= 15 is 0 Å². The smallest absolute Gasteiger partial charge is 0.328 e. The van der Waals surface area contributed by atoms with E-state index in [2.05, 4.69) is 0 Å². The Bertz CT molecular complexity index is 1080. The summed E-state index contributed by atoms with van der Waals surface area (Å²) in [6.45, 7) is 2.45. The van der Waals surface area contributed by atoms with Crippen molar-refractivity contribution >= 4 is 29.4 Å². The summed E-state index contributed by atoms with van der Waals surface area (Å²) in [4.78, 5) is 52.0. The van der Waals surface area contributed by atoms with Crippen LogP contribution in [0.5, 0.6) is 11.5 Å². The number of rotatable bonds is 10. The van der Waals surface area contributed by atoms with Gasteiger partial charge in [-0.1, -0.05) is 12.1 Å². The predicted molar refractivity (Wildman–Crippen MR) is 124 cm³/mol. The third-order valence-electron chi connectivity index (χ3n) is 5.36. The molecule has 1 N–H and O–H groups in total. The highest BCUT2D eigenvalue weighted by molar-refractivity contribution is 6.23. The summed E-state index contributed by atoms with van der Waals surface area (Å²) in [5.74, 6) is -1.63. The molecule has 3 amide bonds. The zero-order valence-electron chi connectivity index (χ0n) is 19.0. The Hall–Kier alpha value is -4.14. The summed E-state index contributed by atoms with van der Waals surface area (Å²) in [6.07, 6.45) is 1.82. The monoisotopic (exact) mass is 466 g/mol. The van der Waals surface area contributed by atoms with Crippen LogP contribution in [0.3, 0.4) is 0 Å². The highest BCUT2D eigenvalue weighted by Crippen LogP contribution is 2.28. The fourth-order valence-electron chi connectivity index (χ4n) is 3.69. The number of nitrogens with zero attached hydrogens (tertiary/aromatic N) is 2. The Morgan fingerprint density at radius 3 is 2.29 bits per heavy atom. The van der Waals surface area contributed by atoms with Gasteiger partial charge in [0, 0.05) is 18.7 Å². The van der Waals surface area contributed by atoms with E-state index in [1.807, 2.05) is 19.1 Å². The van der Waals surface area contributed by atoms with Crippen molar-refractivity contribution in [1.82, 2.24) is 4.90 Å². The second kappa shape index (κ2) is 11.1.